The molecule has 1 nitrogen and oxygen atoms in total. The highest BCUT2D eigenvalue weighted by atomic mass is 16.5. The maximum Gasteiger partial charge on any atom is 0.142 e. The second kappa shape index (κ2) is 8.17. The largest absolute Gasteiger partial charge is 0.495 e. The highest BCUT2D eigenvalue weighted by Crippen LogP contribution is 2.30. The van der Waals surface area contributed by atoms with E-state index in [9.17, 15) is 0 Å². The van der Waals surface area contributed by atoms with Gasteiger partial charge < -0.3 is 4.74 Å². The van der Waals surface area contributed by atoms with Gasteiger partial charge in [-0.25, -0.2) is 0 Å². The molecule has 0 radical (unpaired) electrons. The summed E-state index contributed by atoms with van der Waals surface area (Å²) in [6.07, 6.45) is 0. The molecule has 0 bridgehead atoms. The Morgan fingerprint density at radius 2 is 1.18 bits per heavy atom. The summed E-state index contributed by atoms with van der Waals surface area (Å²) in [5, 5.41) is 2.12. The number of hydrogen-bond donors (Lipinski definition) is 0. The van der Waals surface area contributed by atoms with Crippen molar-refractivity contribution in [2.75, 3.05) is 7.11 Å². The first-order chi connectivity index (χ1) is 13.8. The predicted octanol–water partition coefficient (Wildman–Crippen LogP) is 5.65. The molecule has 0 spiro atoms. The van der Waals surface area contributed by atoms with Crippen LogP contribution in [0, 0.1) is 23.7 Å². The van der Waals surface area contributed by atoms with Gasteiger partial charge in [-0.3, -0.25) is 0 Å². The fraction of sp³-hybridized carbons (Fsp3) is 0.0370. The van der Waals surface area contributed by atoms with Crippen LogP contribution in [-0.4, -0.2) is 7.11 Å². The summed E-state index contributed by atoms with van der Waals surface area (Å²) in [6.45, 7) is 0. The Balaban J connectivity index is 1.71. The van der Waals surface area contributed by atoms with Crippen molar-refractivity contribution in [3.63, 3.8) is 0 Å². The van der Waals surface area contributed by atoms with Crippen LogP contribution >= 0.6 is 0 Å². The fourth-order valence-electron chi connectivity index (χ4n) is 3.02. The van der Waals surface area contributed by atoms with Crippen LogP contribution in [0.3, 0.4) is 0 Å². The lowest BCUT2D eigenvalue weighted by Crippen LogP contribution is -1.90. The molecule has 132 valence electrons. The van der Waals surface area contributed by atoms with Gasteiger partial charge in [0, 0.05) is 22.1 Å². The van der Waals surface area contributed by atoms with Crippen molar-refractivity contribution in [3.05, 3.63) is 113 Å². The molecule has 4 aromatic rings. The van der Waals surface area contributed by atoms with E-state index >= 15 is 0 Å². The molecular formula is C27H18O. The molecule has 0 heterocycles. The Morgan fingerprint density at radius 3 is 1.82 bits per heavy atom. The standard InChI is InChI=1S/C27H18O/c1-28-27-24(16-14-22-10-6-3-7-11-22)17-18-25-20-23(15-19-26(25)27)13-12-21-8-4-2-5-9-21/h2-11,15,17-20H,1H3. The lowest BCUT2D eigenvalue weighted by molar-refractivity contribution is 0.418. The average molecular weight is 358 g/mol. The molecule has 0 aliphatic carbocycles. The van der Waals surface area contributed by atoms with Gasteiger partial charge in [0.1, 0.15) is 5.75 Å². The van der Waals surface area contributed by atoms with Crippen LogP contribution in [0.25, 0.3) is 10.8 Å². The Morgan fingerprint density at radius 1 is 0.571 bits per heavy atom. The van der Waals surface area contributed by atoms with Crippen LogP contribution in [-0.2, 0) is 0 Å². The van der Waals surface area contributed by atoms with Crippen LogP contribution < -0.4 is 4.74 Å². The van der Waals surface area contributed by atoms with Crippen LogP contribution in [0.5, 0.6) is 5.75 Å². The van der Waals surface area contributed by atoms with E-state index in [1.165, 1.54) is 0 Å². The van der Waals surface area contributed by atoms with E-state index in [0.29, 0.717) is 0 Å². The van der Waals surface area contributed by atoms with E-state index in [2.05, 4.69) is 41.9 Å². The number of benzene rings is 4. The molecule has 0 N–H and O–H groups in total. The summed E-state index contributed by atoms with van der Waals surface area (Å²) in [5.41, 5.74) is 3.84. The molecule has 4 aromatic carbocycles. The maximum absolute atomic E-state index is 5.68. The van der Waals surface area contributed by atoms with E-state index in [4.69, 9.17) is 4.74 Å². The van der Waals surface area contributed by atoms with Gasteiger partial charge in [0.05, 0.1) is 12.7 Å². The van der Waals surface area contributed by atoms with Crippen LogP contribution in [0.1, 0.15) is 22.3 Å². The molecule has 0 amide bonds. The summed E-state index contributed by atoms with van der Waals surface area (Å²) in [5.74, 6) is 13.7. The van der Waals surface area contributed by atoms with Gasteiger partial charge in [0.25, 0.3) is 0 Å². The minimum atomic E-state index is 0.795. The SMILES string of the molecule is COc1c(C#Cc2ccccc2)ccc2cc(C#Cc3ccccc3)ccc12. The van der Waals surface area contributed by atoms with Crippen molar-refractivity contribution >= 4 is 10.8 Å². The van der Waals surface area contributed by atoms with E-state index in [0.717, 1.165) is 38.8 Å². The number of rotatable bonds is 1. The summed E-state index contributed by atoms with van der Waals surface area (Å²) in [6, 6.07) is 30.2. The number of fused-ring (bicyclic) bond motifs is 1. The molecular weight excluding hydrogens is 340 g/mol. The van der Waals surface area contributed by atoms with Gasteiger partial charge in [-0.2, -0.15) is 0 Å². The van der Waals surface area contributed by atoms with E-state index in [-0.39, 0.29) is 0 Å². The van der Waals surface area contributed by atoms with Gasteiger partial charge in [-0.1, -0.05) is 66.1 Å². The molecule has 0 saturated heterocycles. The van der Waals surface area contributed by atoms with Crippen molar-refractivity contribution in [1.82, 2.24) is 0 Å². The monoisotopic (exact) mass is 358 g/mol. The second-order valence-electron chi connectivity index (χ2n) is 6.31. The Labute approximate surface area is 165 Å². The van der Waals surface area contributed by atoms with Gasteiger partial charge in [0.2, 0.25) is 0 Å². The van der Waals surface area contributed by atoms with Crippen molar-refractivity contribution in [3.8, 4) is 29.4 Å². The highest BCUT2D eigenvalue weighted by molar-refractivity contribution is 5.91. The lowest BCUT2D eigenvalue weighted by Gasteiger charge is -2.08. The third-order valence-electron chi connectivity index (χ3n) is 4.41. The van der Waals surface area contributed by atoms with Crippen molar-refractivity contribution in [1.29, 1.82) is 0 Å². The zero-order valence-corrected chi connectivity index (χ0v) is 15.6. The third kappa shape index (κ3) is 3.90. The molecule has 0 saturated carbocycles. The van der Waals surface area contributed by atoms with Gasteiger partial charge >= 0.3 is 0 Å². The molecule has 0 atom stereocenters. The molecule has 0 aliphatic rings. The molecule has 0 unspecified atom stereocenters. The average Bonchev–Trinajstić information content (AvgIpc) is 2.77. The van der Waals surface area contributed by atoms with E-state index in [1.807, 2.05) is 72.8 Å². The van der Waals surface area contributed by atoms with Crippen molar-refractivity contribution in [2.24, 2.45) is 0 Å². The first-order valence-corrected chi connectivity index (χ1v) is 9.08. The highest BCUT2D eigenvalue weighted by Gasteiger charge is 2.07. The molecule has 0 aliphatic heterocycles. The quantitative estimate of drug-likeness (QED) is 0.400. The maximum atomic E-state index is 5.68. The van der Waals surface area contributed by atoms with Crippen LogP contribution in [0.15, 0.2) is 91.0 Å². The zero-order chi connectivity index (χ0) is 19.2. The minimum absolute atomic E-state index is 0.795. The molecule has 0 fully saturated rings. The smallest absolute Gasteiger partial charge is 0.142 e. The first-order valence-electron chi connectivity index (χ1n) is 9.08. The Bertz CT molecular complexity index is 1230. The van der Waals surface area contributed by atoms with Gasteiger partial charge in [0.15, 0.2) is 0 Å². The van der Waals surface area contributed by atoms with Crippen LogP contribution in [0.4, 0.5) is 0 Å². The normalized spacial score (nSPS) is 9.75. The molecule has 28 heavy (non-hydrogen) atoms. The van der Waals surface area contributed by atoms with E-state index in [1.54, 1.807) is 7.11 Å². The molecule has 0 aromatic heterocycles. The zero-order valence-electron chi connectivity index (χ0n) is 15.6. The second-order valence-corrected chi connectivity index (χ2v) is 6.31. The molecule has 4 rings (SSSR count). The van der Waals surface area contributed by atoms with Gasteiger partial charge in [-0.05, 0) is 53.9 Å². The summed E-state index contributed by atoms with van der Waals surface area (Å²) in [7, 11) is 1.69. The Hall–Kier alpha value is -3.94. The fourth-order valence-corrected chi connectivity index (χ4v) is 3.02. The van der Waals surface area contributed by atoms with Crippen LogP contribution in [0.2, 0.25) is 0 Å². The minimum Gasteiger partial charge on any atom is -0.495 e. The summed E-state index contributed by atoms with van der Waals surface area (Å²) in [4.78, 5) is 0. The van der Waals surface area contributed by atoms with Crippen molar-refractivity contribution in [2.45, 2.75) is 0 Å². The number of methoxy groups -OCH3 is 1. The van der Waals surface area contributed by atoms with E-state index < -0.39 is 0 Å². The number of hydrogen-bond acceptors (Lipinski definition) is 1. The summed E-state index contributed by atoms with van der Waals surface area (Å²) < 4.78 is 5.68. The number of ether oxygens (including phenoxy) is 1. The Kier molecular flexibility index (Phi) is 5.10. The van der Waals surface area contributed by atoms with Crippen molar-refractivity contribution < 1.29 is 4.74 Å². The first kappa shape index (κ1) is 17.5. The van der Waals surface area contributed by atoms with Gasteiger partial charge in [-0.15, -0.1) is 0 Å². The predicted molar refractivity (Wildman–Crippen MR) is 115 cm³/mol. The lowest BCUT2D eigenvalue weighted by atomic mass is 10.0. The third-order valence-corrected chi connectivity index (χ3v) is 4.41. The molecule has 1 heteroatoms. The summed E-state index contributed by atoms with van der Waals surface area (Å²) >= 11 is 0. The topological polar surface area (TPSA) is 9.23 Å².